The van der Waals surface area contributed by atoms with E-state index < -0.39 is 0 Å². The van der Waals surface area contributed by atoms with Gasteiger partial charge in [-0.05, 0) is 35.4 Å². The van der Waals surface area contributed by atoms with Crippen molar-refractivity contribution in [2.24, 2.45) is 5.10 Å². The van der Waals surface area contributed by atoms with Crippen molar-refractivity contribution >= 4 is 43.7 Å². The van der Waals surface area contributed by atoms with E-state index in [9.17, 15) is 0 Å². The largest absolute Gasteiger partial charge is 0.493 e. The monoisotopic (exact) mass is 361 g/mol. The highest BCUT2D eigenvalue weighted by Crippen LogP contribution is 2.28. The van der Waals surface area contributed by atoms with Gasteiger partial charge in [0.15, 0.2) is 0 Å². The van der Waals surface area contributed by atoms with Crippen LogP contribution in [0.3, 0.4) is 0 Å². The van der Waals surface area contributed by atoms with E-state index in [-0.39, 0.29) is 0 Å². The molecule has 3 aromatic carbocycles. The van der Waals surface area contributed by atoms with Crippen LogP contribution < -0.4 is 10.2 Å². The maximum Gasteiger partial charge on any atom is 0.204 e. The first-order valence-corrected chi connectivity index (χ1v) is 9.46. The van der Waals surface area contributed by atoms with Gasteiger partial charge in [0.25, 0.3) is 0 Å². The van der Waals surface area contributed by atoms with Crippen LogP contribution in [0.1, 0.15) is 18.9 Å². The Kier molecular flexibility index (Phi) is 4.80. The molecule has 0 unspecified atom stereocenters. The van der Waals surface area contributed by atoms with Crippen LogP contribution in [0.15, 0.2) is 65.8 Å². The zero-order valence-corrected chi connectivity index (χ0v) is 15.3. The van der Waals surface area contributed by atoms with E-state index in [1.165, 1.54) is 0 Å². The smallest absolute Gasteiger partial charge is 0.204 e. The van der Waals surface area contributed by atoms with E-state index in [4.69, 9.17) is 4.74 Å². The number of ether oxygens (including phenoxy) is 1. The number of nitrogens with zero attached hydrogens (tertiary/aromatic N) is 2. The summed E-state index contributed by atoms with van der Waals surface area (Å²) in [5.74, 6) is 0.848. The summed E-state index contributed by atoms with van der Waals surface area (Å²) >= 11 is 1.59. The average molecular weight is 361 g/mol. The fourth-order valence-electron chi connectivity index (χ4n) is 2.82. The van der Waals surface area contributed by atoms with Crippen molar-refractivity contribution < 1.29 is 4.74 Å². The molecule has 0 aliphatic carbocycles. The van der Waals surface area contributed by atoms with Crippen LogP contribution in [0.2, 0.25) is 0 Å². The summed E-state index contributed by atoms with van der Waals surface area (Å²) in [6, 6.07) is 20.4. The molecule has 1 N–H and O–H groups in total. The molecule has 0 bridgehead atoms. The zero-order valence-electron chi connectivity index (χ0n) is 14.5. The second kappa shape index (κ2) is 7.54. The summed E-state index contributed by atoms with van der Waals surface area (Å²) in [7, 11) is 0. The molecule has 4 rings (SSSR count). The van der Waals surface area contributed by atoms with Crippen molar-refractivity contribution in [2.45, 2.75) is 13.3 Å². The lowest BCUT2D eigenvalue weighted by Crippen LogP contribution is -2.00. The molecule has 0 spiro atoms. The summed E-state index contributed by atoms with van der Waals surface area (Å²) in [5.41, 5.74) is 5.01. The lowest BCUT2D eigenvalue weighted by atomic mass is 10.0. The molecule has 4 aromatic rings. The number of benzene rings is 3. The molecule has 0 atom stereocenters. The number of hydrazone groups is 1. The summed E-state index contributed by atoms with van der Waals surface area (Å²) in [6.45, 7) is 2.79. The molecule has 1 heterocycles. The van der Waals surface area contributed by atoms with Gasteiger partial charge in [0.05, 0.1) is 23.0 Å². The van der Waals surface area contributed by atoms with Crippen LogP contribution in [-0.4, -0.2) is 17.8 Å². The number of nitrogens with one attached hydrogen (secondary N) is 1. The Bertz CT molecular complexity index is 1040. The zero-order chi connectivity index (χ0) is 17.8. The van der Waals surface area contributed by atoms with E-state index in [0.29, 0.717) is 6.61 Å². The van der Waals surface area contributed by atoms with Crippen molar-refractivity contribution in [3.05, 3.63) is 66.2 Å². The van der Waals surface area contributed by atoms with Gasteiger partial charge in [-0.3, -0.25) is 5.43 Å². The first-order chi connectivity index (χ1) is 12.8. The minimum Gasteiger partial charge on any atom is -0.493 e. The Morgan fingerprint density at radius 2 is 1.92 bits per heavy atom. The highest BCUT2D eigenvalue weighted by molar-refractivity contribution is 7.22. The lowest BCUT2D eigenvalue weighted by molar-refractivity contribution is 0.317. The number of rotatable bonds is 6. The van der Waals surface area contributed by atoms with Gasteiger partial charge in [0, 0.05) is 5.56 Å². The lowest BCUT2D eigenvalue weighted by Gasteiger charge is -2.10. The van der Waals surface area contributed by atoms with Gasteiger partial charge >= 0.3 is 0 Å². The highest BCUT2D eigenvalue weighted by atomic mass is 32.1. The Labute approximate surface area is 156 Å². The van der Waals surface area contributed by atoms with Crippen molar-refractivity contribution in [1.82, 2.24) is 4.98 Å². The molecule has 26 heavy (non-hydrogen) atoms. The van der Waals surface area contributed by atoms with Crippen LogP contribution in [0, 0.1) is 0 Å². The maximum absolute atomic E-state index is 5.91. The molecule has 1 aromatic heterocycles. The predicted molar refractivity (Wildman–Crippen MR) is 111 cm³/mol. The first-order valence-electron chi connectivity index (χ1n) is 8.64. The fraction of sp³-hybridized carbons (Fsp3) is 0.143. The number of hydrogen-bond acceptors (Lipinski definition) is 5. The van der Waals surface area contributed by atoms with Crippen molar-refractivity contribution in [3.8, 4) is 5.75 Å². The Morgan fingerprint density at radius 1 is 1.08 bits per heavy atom. The normalized spacial score (nSPS) is 11.4. The number of thiazole rings is 1. The molecule has 0 aliphatic rings. The number of anilines is 1. The van der Waals surface area contributed by atoms with Gasteiger partial charge < -0.3 is 4.74 Å². The molecule has 0 saturated heterocycles. The van der Waals surface area contributed by atoms with Crippen LogP contribution in [0.25, 0.3) is 21.0 Å². The van der Waals surface area contributed by atoms with Crippen molar-refractivity contribution in [2.75, 3.05) is 12.0 Å². The molecular weight excluding hydrogens is 342 g/mol. The summed E-state index contributed by atoms with van der Waals surface area (Å²) < 4.78 is 7.05. The van der Waals surface area contributed by atoms with E-state index in [1.54, 1.807) is 11.3 Å². The number of hydrogen-bond donors (Lipinski definition) is 1. The summed E-state index contributed by atoms with van der Waals surface area (Å²) in [5, 5.41) is 7.48. The fourth-order valence-corrected chi connectivity index (χ4v) is 3.63. The second-order valence-corrected chi connectivity index (χ2v) is 6.93. The quantitative estimate of drug-likeness (QED) is 0.355. The molecule has 0 fully saturated rings. The summed E-state index contributed by atoms with van der Waals surface area (Å²) in [4.78, 5) is 4.54. The molecule has 4 nitrogen and oxygen atoms in total. The Hall–Kier alpha value is -2.92. The SMILES string of the molecule is CCCOc1ccc2ccccc2c1C=NNc1nc2ccccc2s1. The predicted octanol–water partition coefficient (Wildman–Crippen LogP) is 5.68. The second-order valence-electron chi connectivity index (χ2n) is 5.90. The minimum absolute atomic E-state index is 0.685. The van der Waals surface area contributed by atoms with Crippen LogP contribution >= 0.6 is 11.3 Å². The number of aromatic nitrogens is 1. The molecule has 130 valence electrons. The van der Waals surface area contributed by atoms with Gasteiger partial charge in [0.1, 0.15) is 5.75 Å². The molecule has 0 radical (unpaired) electrons. The highest BCUT2D eigenvalue weighted by Gasteiger charge is 2.07. The average Bonchev–Trinajstić information content (AvgIpc) is 3.10. The Morgan fingerprint density at radius 3 is 2.81 bits per heavy atom. The van der Waals surface area contributed by atoms with Crippen molar-refractivity contribution in [3.63, 3.8) is 0 Å². The van der Waals surface area contributed by atoms with E-state index in [0.717, 1.165) is 43.9 Å². The molecule has 0 saturated carbocycles. The van der Waals surface area contributed by atoms with Crippen LogP contribution in [-0.2, 0) is 0 Å². The van der Waals surface area contributed by atoms with Gasteiger partial charge in [-0.1, -0.05) is 60.7 Å². The van der Waals surface area contributed by atoms with Crippen LogP contribution in [0.5, 0.6) is 5.75 Å². The van der Waals surface area contributed by atoms with Gasteiger partial charge in [-0.15, -0.1) is 0 Å². The van der Waals surface area contributed by atoms with Crippen molar-refractivity contribution in [1.29, 1.82) is 0 Å². The standard InChI is InChI=1S/C21H19N3OS/c1-2-13-25-19-12-11-15-7-3-4-8-16(15)17(19)14-22-24-21-23-18-9-5-6-10-20(18)26-21/h3-12,14H,2,13H2,1H3,(H,23,24). The van der Waals surface area contributed by atoms with Gasteiger partial charge in [-0.2, -0.15) is 5.10 Å². The first kappa shape index (κ1) is 16.5. The van der Waals surface area contributed by atoms with E-state index >= 15 is 0 Å². The third-order valence-electron chi connectivity index (χ3n) is 4.04. The van der Waals surface area contributed by atoms with Crippen LogP contribution in [0.4, 0.5) is 5.13 Å². The van der Waals surface area contributed by atoms with E-state index in [1.807, 2.05) is 42.6 Å². The van der Waals surface area contributed by atoms with E-state index in [2.05, 4.69) is 46.7 Å². The topological polar surface area (TPSA) is 46.5 Å². The maximum atomic E-state index is 5.91. The third-order valence-corrected chi connectivity index (χ3v) is 4.98. The minimum atomic E-state index is 0.685. The summed E-state index contributed by atoms with van der Waals surface area (Å²) in [6.07, 6.45) is 2.78. The third kappa shape index (κ3) is 3.39. The molecular formula is C21H19N3OS. The van der Waals surface area contributed by atoms with Gasteiger partial charge in [0.2, 0.25) is 5.13 Å². The Balaban J connectivity index is 1.64. The number of fused-ring (bicyclic) bond motifs is 2. The number of para-hydroxylation sites is 1. The molecule has 5 heteroatoms. The molecule has 0 amide bonds. The molecule has 0 aliphatic heterocycles. The van der Waals surface area contributed by atoms with Gasteiger partial charge in [-0.25, -0.2) is 4.98 Å².